The Hall–Kier alpha value is -2.04. The maximum absolute atomic E-state index is 11.9. The van der Waals surface area contributed by atoms with Crippen LogP contribution in [0.1, 0.15) is 29.8 Å². The smallest absolute Gasteiger partial charge is 0.410 e. The molecule has 1 aliphatic rings. The van der Waals surface area contributed by atoms with Gasteiger partial charge < -0.3 is 15.0 Å². The number of nitrogens with one attached hydrogen (secondary N) is 1. The van der Waals surface area contributed by atoms with Crippen LogP contribution in [0.2, 0.25) is 0 Å². The first-order chi connectivity index (χ1) is 9.47. The summed E-state index contributed by atoms with van der Waals surface area (Å²) in [4.78, 5) is 25.2. The van der Waals surface area contributed by atoms with Crippen LogP contribution in [0.25, 0.3) is 0 Å². The van der Waals surface area contributed by atoms with Gasteiger partial charge in [0, 0.05) is 11.6 Å². The third-order valence-corrected chi connectivity index (χ3v) is 3.33. The highest BCUT2D eigenvalue weighted by atomic mass is 16.6. The van der Waals surface area contributed by atoms with E-state index in [-0.39, 0.29) is 24.1 Å². The molecule has 20 heavy (non-hydrogen) atoms. The number of aryl methyl sites for hydroxylation is 1. The molecular formula is C15H20N2O3. The topological polar surface area (TPSA) is 58.6 Å². The number of benzene rings is 1. The number of amides is 2. The molecule has 1 aliphatic heterocycles. The van der Waals surface area contributed by atoms with Gasteiger partial charge in [-0.25, -0.2) is 4.79 Å². The number of carbonyl (C=O) groups is 2. The highest BCUT2D eigenvalue weighted by Gasteiger charge is 2.32. The monoisotopic (exact) mass is 276 g/mol. The van der Waals surface area contributed by atoms with Crippen molar-refractivity contribution >= 4 is 12.0 Å². The van der Waals surface area contributed by atoms with Gasteiger partial charge in [0.05, 0.1) is 13.1 Å². The van der Waals surface area contributed by atoms with Crippen LogP contribution in [0.5, 0.6) is 0 Å². The van der Waals surface area contributed by atoms with Crippen LogP contribution in [-0.2, 0) is 4.74 Å². The first-order valence-electron chi connectivity index (χ1n) is 6.79. The molecule has 1 heterocycles. The molecule has 0 aliphatic carbocycles. The van der Waals surface area contributed by atoms with Crippen LogP contribution < -0.4 is 5.32 Å². The van der Waals surface area contributed by atoms with Gasteiger partial charge in [0.2, 0.25) is 0 Å². The van der Waals surface area contributed by atoms with Gasteiger partial charge in [-0.1, -0.05) is 17.7 Å². The van der Waals surface area contributed by atoms with Gasteiger partial charge in [0.15, 0.2) is 0 Å². The number of hydrogen-bond acceptors (Lipinski definition) is 3. The summed E-state index contributed by atoms with van der Waals surface area (Å²) >= 11 is 0. The Kier molecular flexibility index (Phi) is 4.27. The molecule has 0 spiro atoms. The Labute approximate surface area is 118 Å². The molecule has 0 radical (unpaired) electrons. The van der Waals surface area contributed by atoms with Crippen molar-refractivity contribution in [3.05, 3.63) is 35.4 Å². The van der Waals surface area contributed by atoms with Gasteiger partial charge in [-0.3, -0.25) is 4.79 Å². The van der Waals surface area contributed by atoms with Crippen molar-refractivity contribution < 1.29 is 14.3 Å². The third kappa shape index (κ3) is 3.29. The van der Waals surface area contributed by atoms with E-state index in [0.29, 0.717) is 18.7 Å². The molecule has 1 N–H and O–H groups in total. The molecule has 1 unspecified atom stereocenters. The summed E-state index contributed by atoms with van der Waals surface area (Å²) in [5.41, 5.74) is 1.72. The molecule has 0 bridgehead atoms. The van der Waals surface area contributed by atoms with Crippen molar-refractivity contribution in [1.82, 2.24) is 10.2 Å². The lowest BCUT2D eigenvalue weighted by molar-refractivity contribution is 0.0914. The summed E-state index contributed by atoms with van der Waals surface area (Å²) in [5, 5.41) is 2.80. The Balaban J connectivity index is 1.85. The van der Waals surface area contributed by atoms with E-state index in [9.17, 15) is 9.59 Å². The van der Waals surface area contributed by atoms with Gasteiger partial charge in [0.1, 0.15) is 6.10 Å². The molecule has 2 amide bonds. The highest BCUT2D eigenvalue weighted by molar-refractivity contribution is 5.94. The van der Waals surface area contributed by atoms with E-state index in [0.717, 1.165) is 5.56 Å². The highest BCUT2D eigenvalue weighted by Crippen LogP contribution is 2.14. The van der Waals surface area contributed by atoms with Crippen LogP contribution in [0.4, 0.5) is 4.79 Å². The van der Waals surface area contributed by atoms with Crippen molar-refractivity contribution in [3.8, 4) is 0 Å². The lowest BCUT2D eigenvalue weighted by Gasteiger charge is -2.16. The number of nitrogens with zero attached hydrogens (tertiary/aromatic N) is 1. The summed E-state index contributed by atoms with van der Waals surface area (Å²) in [6.45, 7) is 6.70. The lowest BCUT2D eigenvalue weighted by atomic mass is 10.1. The van der Waals surface area contributed by atoms with Crippen LogP contribution in [0.15, 0.2) is 24.3 Å². The molecule has 1 aromatic carbocycles. The molecule has 1 fully saturated rings. The second-order valence-corrected chi connectivity index (χ2v) is 5.33. The zero-order chi connectivity index (χ0) is 14.7. The molecule has 0 aromatic heterocycles. The average Bonchev–Trinajstić information content (AvgIpc) is 2.78. The van der Waals surface area contributed by atoms with E-state index >= 15 is 0 Å². The summed E-state index contributed by atoms with van der Waals surface area (Å²) < 4.78 is 5.21. The Morgan fingerprint density at radius 3 is 2.60 bits per heavy atom. The normalized spacial score (nSPS) is 18.3. The minimum absolute atomic E-state index is 0.111. The largest absolute Gasteiger partial charge is 0.442 e. The van der Waals surface area contributed by atoms with Crippen molar-refractivity contribution in [1.29, 1.82) is 0 Å². The number of rotatable bonds is 4. The number of ether oxygens (including phenoxy) is 1. The van der Waals surface area contributed by atoms with Crippen LogP contribution in [-0.4, -0.2) is 42.1 Å². The fourth-order valence-corrected chi connectivity index (χ4v) is 2.08. The third-order valence-electron chi connectivity index (χ3n) is 3.33. The molecule has 108 valence electrons. The summed E-state index contributed by atoms with van der Waals surface area (Å²) in [5.74, 6) is -0.149. The zero-order valence-corrected chi connectivity index (χ0v) is 12.1. The minimum atomic E-state index is -0.311. The van der Waals surface area contributed by atoms with Crippen LogP contribution in [0.3, 0.4) is 0 Å². The Morgan fingerprint density at radius 1 is 1.40 bits per heavy atom. The number of cyclic esters (lactones) is 1. The zero-order valence-electron chi connectivity index (χ0n) is 12.1. The molecule has 1 atom stereocenters. The predicted molar refractivity (Wildman–Crippen MR) is 75.6 cm³/mol. The predicted octanol–water partition coefficient (Wildman–Crippen LogP) is 1.95. The van der Waals surface area contributed by atoms with E-state index in [2.05, 4.69) is 5.32 Å². The molecule has 1 saturated heterocycles. The molecule has 0 saturated carbocycles. The number of carbonyl (C=O) groups excluding carboxylic acids is 2. The first kappa shape index (κ1) is 14.4. The summed E-state index contributed by atoms with van der Waals surface area (Å²) in [6, 6.07) is 7.47. The van der Waals surface area contributed by atoms with E-state index in [4.69, 9.17) is 4.74 Å². The molecule has 5 heteroatoms. The van der Waals surface area contributed by atoms with Gasteiger partial charge in [-0.15, -0.1) is 0 Å². The van der Waals surface area contributed by atoms with Crippen LogP contribution in [0, 0.1) is 6.92 Å². The fraction of sp³-hybridized carbons (Fsp3) is 0.467. The van der Waals surface area contributed by atoms with E-state index in [1.807, 2.05) is 32.9 Å². The molecule has 1 aromatic rings. The summed E-state index contributed by atoms with van der Waals surface area (Å²) in [6.07, 6.45) is -0.589. The average molecular weight is 276 g/mol. The fourth-order valence-electron chi connectivity index (χ4n) is 2.08. The Bertz CT molecular complexity index is 496. The lowest BCUT2D eigenvalue weighted by Crippen LogP contribution is -2.36. The Morgan fingerprint density at radius 2 is 2.05 bits per heavy atom. The maximum Gasteiger partial charge on any atom is 0.410 e. The van der Waals surface area contributed by atoms with Crippen molar-refractivity contribution in [2.45, 2.75) is 32.9 Å². The van der Waals surface area contributed by atoms with Crippen LogP contribution >= 0.6 is 0 Å². The van der Waals surface area contributed by atoms with E-state index in [1.54, 1.807) is 17.0 Å². The van der Waals surface area contributed by atoms with Crippen molar-refractivity contribution in [3.63, 3.8) is 0 Å². The molecule has 5 nitrogen and oxygen atoms in total. The van der Waals surface area contributed by atoms with Gasteiger partial charge in [-0.05, 0) is 32.9 Å². The standard InChI is InChI=1S/C15H20N2O3/c1-10(2)17-9-13(20-15(17)19)8-16-14(18)12-6-4-11(3)5-7-12/h4-7,10,13H,8-9H2,1-3H3,(H,16,18). The quantitative estimate of drug-likeness (QED) is 0.914. The second-order valence-electron chi connectivity index (χ2n) is 5.33. The molecule has 2 rings (SSSR count). The summed E-state index contributed by atoms with van der Waals surface area (Å²) in [7, 11) is 0. The van der Waals surface area contributed by atoms with Gasteiger partial charge in [-0.2, -0.15) is 0 Å². The van der Waals surface area contributed by atoms with E-state index in [1.165, 1.54) is 0 Å². The second kappa shape index (κ2) is 5.94. The SMILES string of the molecule is Cc1ccc(C(=O)NCC2CN(C(C)C)C(=O)O2)cc1. The van der Waals surface area contributed by atoms with Crippen molar-refractivity contribution in [2.24, 2.45) is 0 Å². The first-order valence-corrected chi connectivity index (χ1v) is 6.79. The minimum Gasteiger partial charge on any atom is -0.442 e. The number of hydrogen-bond donors (Lipinski definition) is 1. The van der Waals surface area contributed by atoms with Gasteiger partial charge >= 0.3 is 6.09 Å². The van der Waals surface area contributed by atoms with Crippen molar-refractivity contribution in [2.75, 3.05) is 13.1 Å². The van der Waals surface area contributed by atoms with Gasteiger partial charge in [0.25, 0.3) is 5.91 Å². The maximum atomic E-state index is 11.9. The van der Waals surface area contributed by atoms with E-state index < -0.39 is 0 Å². The molecular weight excluding hydrogens is 256 g/mol.